The second-order valence-electron chi connectivity index (χ2n) is 8.06. The molecule has 2 heterocycles. The van der Waals surface area contributed by atoms with E-state index in [1.165, 1.54) is 19.2 Å². The Morgan fingerprint density at radius 2 is 1.52 bits per heavy atom. The summed E-state index contributed by atoms with van der Waals surface area (Å²) in [6, 6.07) is 6.23. The van der Waals surface area contributed by atoms with Crippen LogP contribution in [-0.4, -0.2) is 117 Å². The lowest BCUT2D eigenvalue weighted by atomic mass is 9.85. The zero-order valence-corrected chi connectivity index (χ0v) is 17.9. The highest BCUT2D eigenvalue weighted by atomic mass is 16.7. The van der Waals surface area contributed by atoms with Gasteiger partial charge in [0.2, 0.25) is 0 Å². The van der Waals surface area contributed by atoms with Gasteiger partial charge in [-0.1, -0.05) is 0 Å². The van der Waals surface area contributed by atoms with Crippen molar-refractivity contribution in [1.82, 2.24) is 0 Å². The average Bonchev–Trinajstić information content (AvgIpc) is 2.83. The first-order chi connectivity index (χ1) is 15.7. The van der Waals surface area contributed by atoms with Crippen LogP contribution >= 0.6 is 0 Å². The summed E-state index contributed by atoms with van der Waals surface area (Å²) in [5, 5.41) is 70.3. The summed E-state index contributed by atoms with van der Waals surface area (Å²) in [5.41, 5.74) is 0.311. The summed E-state index contributed by atoms with van der Waals surface area (Å²) in [6.45, 7) is -1.37. The van der Waals surface area contributed by atoms with Gasteiger partial charge in [0.25, 0.3) is 0 Å². The van der Waals surface area contributed by atoms with Gasteiger partial charge >= 0.3 is 0 Å². The fourth-order valence-electron chi connectivity index (χ4n) is 3.97. The molecule has 33 heavy (non-hydrogen) atoms. The minimum absolute atomic E-state index is 0.311. The lowest BCUT2D eigenvalue weighted by Gasteiger charge is -2.46. The number of ether oxygens (including phenoxy) is 4. The maximum atomic E-state index is 12.7. The first-order valence-electron chi connectivity index (χ1n) is 10.5. The molecule has 0 radical (unpaired) electrons. The Hall–Kier alpha value is -1.71. The van der Waals surface area contributed by atoms with Crippen LogP contribution in [0.3, 0.4) is 0 Å². The summed E-state index contributed by atoms with van der Waals surface area (Å²) < 4.78 is 21.2. The summed E-state index contributed by atoms with van der Waals surface area (Å²) in [6.07, 6.45) is -14.0. The number of benzene rings is 1. The van der Waals surface area contributed by atoms with E-state index < -0.39 is 80.2 Å². The van der Waals surface area contributed by atoms with Gasteiger partial charge in [-0.05, 0) is 24.3 Å². The van der Waals surface area contributed by atoms with E-state index in [0.29, 0.717) is 11.3 Å². The lowest BCUT2D eigenvalue weighted by molar-refractivity contribution is -0.350. The Balaban J connectivity index is 1.74. The summed E-state index contributed by atoms with van der Waals surface area (Å²) in [4.78, 5) is 12.7. The molecule has 1 aromatic carbocycles. The van der Waals surface area contributed by atoms with Crippen LogP contribution in [0.1, 0.15) is 16.8 Å². The maximum absolute atomic E-state index is 12.7. The van der Waals surface area contributed by atoms with Crippen LogP contribution in [0.2, 0.25) is 0 Å². The van der Waals surface area contributed by atoms with Crippen molar-refractivity contribution < 1.29 is 59.5 Å². The highest BCUT2D eigenvalue weighted by molar-refractivity contribution is 5.96. The Labute approximate surface area is 189 Å². The molecular formula is C21H30O12. The van der Waals surface area contributed by atoms with Crippen molar-refractivity contribution in [2.75, 3.05) is 20.3 Å². The molecule has 12 nitrogen and oxygen atoms in total. The summed E-state index contributed by atoms with van der Waals surface area (Å²) >= 11 is 0. The number of ketones is 1. The quantitative estimate of drug-likeness (QED) is 0.191. The molecule has 0 bridgehead atoms. The SMILES string of the molecule is COc1ccc(C(=O)C[C@@H]2[C@@H](O)[C@H](O[C@@H]3O[C@H](CO)[C@H](O)[C@H](O)[C@H]3O)[C@@H](CO)O[C@@H]2O)cc1. The number of carbonyl (C=O) groups is 1. The van der Waals surface area contributed by atoms with Gasteiger partial charge in [-0.2, -0.15) is 0 Å². The smallest absolute Gasteiger partial charge is 0.187 e. The number of hydrogen-bond donors (Lipinski definition) is 7. The molecule has 0 amide bonds. The van der Waals surface area contributed by atoms with E-state index in [4.69, 9.17) is 18.9 Å². The molecule has 12 heteroatoms. The van der Waals surface area contributed by atoms with Crippen LogP contribution in [0.15, 0.2) is 24.3 Å². The zero-order valence-electron chi connectivity index (χ0n) is 17.9. The van der Waals surface area contributed by atoms with Crippen LogP contribution in [0.25, 0.3) is 0 Å². The van der Waals surface area contributed by atoms with E-state index in [9.17, 15) is 40.5 Å². The van der Waals surface area contributed by atoms with Crippen molar-refractivity contribution in [3.05, 3.63) is 29.8 Å². The molecule has 0 saturated carbocycles. The van der Waals surface area contributed by atoms with E-state index in [2.05, 4.69) is 0 Å². The zero-order chi connectivity index (χ0) is 24.3. The van der Waals surface area contributed by atoms with Gasteiger partial charge in [0, 0.05) is 17.9 Å². The molecule has 2 aliphatic heterocycles. The Bertz CT molecular complexity index is 771. The number of methoxy groups -OCH3 is 1. The van der Waals surface area contributed by atoms with Crippen molar-refractivity contribution >= 4 is 5.78 Å². The monoisotopic (exact) mass is 474 g/mol. The minimum atomic E-state index is -1.75. The molecule has 0 aromatic heterocycles. The second-order valence-corrected chi connectivity index (χ2v) is 8.06. The van der Waals surface area contributed by atoms with E-state index in [0.717, 1.165) is 0 Å². The van der Waals surface area contributed by atoms with Gasteiger partial charge in [-0.25, -0.2) is 0 Å². The van der Waals surface area contributed by atoms with Crippen molar-refractivity contribution in [2.45, 2.75) is 61.7 Å². The Morgan fingerprint density at radius 3 is 2.09 bits per heavy atom. The molecule has 2 aliphatic rings. The number of aliphatic hydroxyl groups is 7. The number of Topliss-reactive ketones (excluding diaryl/α,β-unsaturated/α-hetero) is 1. The van der Waals surface area contributed by atoms with E-state index >= 15 is 0 Å². The van der Waals surface area contributed by atoms with Crippen LogP contribution in [0, 0.1) is 5.92 Å². The average molecular weight is 474 g/mol. The Morgan fingerprint density at radius 1 is 0.879 bits per heavy atom. The molecule has 3 rings (SSSR count). The summed E-state index contributed by atoms with van der Waals surface area (Å²) in [5.74, 6) is -1.01. The normalized spacial score (nSPS) is 39.3. The van der Waals surface area contributed by atoms with Crippen LogP contribution in [0.4, 0.5) is 0 Å². The fourth-order valence-corrected chi connectivity index (χ4v) is 3.97. The van der Waals surface area contributed by atoms with E-state index in [1.807, 2.05) is 0 Å². The number of hydrogen-bond acceptors (Lipinski definition) is 12. The third kappa shape index (κ3) is 5.52. The lowest BCUT2D eigenvalue weighted by Crippen LogP contribution is -2.63. The van der Waals surface area contributed by atoms with Crippen LogP contribution in [-0.2, 0) is 14.2 Å². The predicted molar refractivity (Wildman–Crippen MR) is 108 cm³/mol. The van der Waals surface area contributed by atoms with E-state index in [-0.39, 0.29) is 6.42 Å². The molecule has 186 valence electrons. The summed E-state index contributed by atoms with van der Waals surface area (Å²) in [7, 11) is 1.48. The minimum Gasteiger partial charge on any atom is -0.497 e. The van der Waals surface area contributed by atoms with Crippen molar-refractivity contribution in [1.29, 1.82) is 0 Å². The molecule has 2 saturated heterocycles. The maximum Gasteiger partial charge on any atom is 0.187 e. The van der Waals surface area contributed by atoms with E-state index in [1.54, 1.807) is 12.1 Å². The molecule has 2 fully saturated rings. The van der Waals surface area contributed by atoms with Gasteiger partial charge in [0.1, 0.15) is 42.4 Å². The molecule has 10 atom stereocenters. The third-order valence-electron chi connectivity index (χ3n) is 5.97. The molecule has 7 N–H and O–H groups in total. The highest BCUT2D eigenvalue weighted by Crippen LogP contribution is 2.33. The van der Waals surface area contributed by atoms with Gasteiger partial charge < -0.3 is 54.7 Å². The molecule has 0 spiro atoms. The largest absolute Gasteiger partial charge is 0.497 e. The number of aliphatic hydroxyl groups excluding tert-OH is 7. The van der Waals surface area contributed by atoms with Gasteiger partial charge in [0.15, 0.2) is 18.4 Å². The van der Waals surface area contributed by atoms with Crippen molar-refractivity contribution in [3.8, 4) is 5.75 Å². The number of rotatable bonds is 8. The van der Waals surface area contributed by atoms with Gasteiger partial charge in [0.05, 0.1) is 26.4 Å². The molecular weight excluding hydrogens is 444 g/mol. The standard InChI is InChI=1S/C21H30O12/c1-30-10-4-2-9(3-5-10)12(24)6-11-15(25)19(14(8-23)31-20(11)29)33-21-18(28)17(27)16(26)13(7-22)32-21/h2-5,11,13-23,25-29H,6-8H2,1H3/t11-,13-,14-,15-,16+,17+,18-,19-,20+,21+/m1/s1. The second kappa shape index (κ2) is 11.1. The first-order valence-corrected chi connectivity index (χ1v) is 10.5. The number of carbonyl (C=O) groups excluding carboxylic acids is 1. The van der Waals surface area contributed by atoms with Crippen molar-refractivity contribution in [3.63, 3.8) is 0 Å². The predicted octanol–water partition coefficient (Wildman–Crippen LogP) is -2.86. The topological polar surface area (TPSA) is 196 Å². The van der Waals surface area contributed by atoms with Crippen LogP contribution in [0.5, 0.6) is 5.75 Å². The van der Waals surface area contributed by atoms with Crippen LogP contribution < -0.4 is 4.74 Å². The first kappa shape index (κ1) is 25.9. The van der Waals surface area contributed by atoms with Crippen molar-refractivity contribution in [2.24, 2.45) is 5.92 Å². The van der Waals surface area contributed by atoms with Gasteiger partial charge in [-0.15, -0.1) is 0 Å². The molecule has 0 unspecified atom stereocenters. The fraction of sp³-hybridized carbons (Fsp3) is 0.667. The molecule has 1 aromatic rings. The Kier molecular flexibility index (Phi) is 8.75. The van der Waals surface area contributed by atoms with Gasteiger partial charge in [-0.3, -0.25) is 4.79 Å². The molecule has 0 aliphatic carbocycles. The third-order valence-corrected chi connectivity index (χ3v) is 5.97. The highest BCUT2D eigenvalue weighted by Gasteiger charge is 2.50.